The van der Waals surface area contributed by atoms with Crippen LogP contribution in [-0.2, 0) is 5.41 Å². The van der Waals surface area contributed by atoms with E-state index in [-0.39, 0.29) is 5.41 Å². The summed E-state index contributed by atoms with van der Waals surface area (Å²) in [6.07, 6.45) is 6.86. The molecule has 3 aliphatic rings. The molecule has 0 amide bonds. The predicted octanol–water partition coefficient (Wildman–Crippen LogP) is 12.9. The predicted molar refractivity (Wildman–Crippen MR) is 209 cm³/mol. The van der Waals surface area contributed by atoms with Crippen molar-refractivity contribution in [2.75, 3.05) is 4.90 Å². The van der Waals surface area contributed by atoms with Gasteiger partial charge in [0, 0.05) is 17.1 Å². The fourth-order valence-electron chi connectivity index (χ4n) is 8.85. The van der Waals surface area contributed by atoms with Crippen LogP contribution in [0.1, 0.15) is 35.1 Å². The number of hydrogen-bond donors (Lipinski definition) is 0. The molecule has 0 aliphatic heterocycles. The van der Waals surface area contributed by atoms with Crippen LogP contribution in [0, 0.1) is 0 Å². The summed E-state index contributed by atoms with van der Waals surface area (Å²) in [7, 11) is 0. The molecule has 10 rings (SSSR count). The van der Waals surface area contributed by atoms with Crippen molar-refractivity contribution in [3.8, 4) is 33.4 Å². The summed E-state index contributed by atoms with van der Waals surface area (Å²) in [5.74, 6) is 0. The summed E-state index contributed by atoms with van der Waals surface area (Å²) in [6.45, 7) is 0. The van der Waals surface area contributed by atoms with Crippen LogP contribution in [0.15, 0.2) is 194 Å². The van der Waals surface area contributed by atoms with Gasteiger partial charge in [-0.05, 0) is 116 Å². The Morgan fingerprint density at radius 3 is 1.50 bits per heavy atom. The van der Waals surface area contributed by atoms with Crippen LogP contribution >= 0.6 is 0 Å². The summed E-state index contributed by atoms with van der Waals surface area (Å²) in [5, 5.41) is 0. The Kier molecular flexibility index (Phi) is 6.60. The zero-order chi connectivity index (χ0) is 33.1. The van der Waals surface area contributed by atoms with E-state index in [1.165, 1.54) is 66.8 Å². The van der Waals surface area contributed by atoms with Crippen molar-refractivity contribution in [2.45, 2.75) is 18.3 Å². The molecule has 1 atom stereocenters. The van der Waals surface area contributed by atoms with Crippen molar-refractivity contribution in [3.05, 3.63) is 216 Å². The fourth-order valence-corrected chi connectivity index (χ4v) is 8.85. The summed E-state index contributed by atoms with van der Waals surface area (Å²) in [6, 6.07) is 64.8. The normalized spacial score (nSPS) is 16.6. The van der Waals surface area contributed by atoms with Crippen molar-refractivity contribution >= 4 is 22.6 Å². The molecule has 0 heterocycles. The Morgan fingerprint density at radius 1 is 0.400 bits per heavy atom. The lowest BCUT2D eigenvalue weighted by Gasteiger charge is -2.34. The third kappa shape index (κ3) is 4.27. The number of benzene rings is 7. The van der Waals surface area contributed by atoms with Gasteiger partial charge in [-0.2, -0.15) is 0 Å². The van der Waals surface area contributed by atoms with Gasteiger partial charge in [-0.1, -0.05) is 152 Å². The first-order chi connectivity index (χ1) is 24.8. The van der Waals surface area contributed by atoms with E-state index in [0.29, 0.717) is 0 Å². The molecule has 0 N–H and O–H groups in total. The molecule has 0 aromatic heterocycles. The van der Waals surface area contributed by atoms with Crippen LogP contribution in [0.25, 0.3) is 39.0 Å². The molecule has 50 heavy (non-hydrogen) atoms. The van der Waals surface area contributed by atoms with E-state index in [9.17, 15) is 0 Å². The van der Waals surface area contributed by atoms with Crippen LogP contribution in [0.4, 0.5) is 17.1 Å². The Bertz CT molecular complexity index is 2370. The Hall–Kier alpha value is -6.18. The largest absolute Gasteiger partial charge is 0.310 e. The third-order valence-electron chi connectivity index (χ3n) is 11.0. The van der Waals surface area contributed by atoms with Gasteiger partial charge in [0.05, 0.1) is 5.41 Å². The molecular weight excluding hydrogens is 603 g/mol. The number of hydrogen-bond acceptors (Lipinski definition) is 1. The highest BCUT2D eigenvalue weighted by atomic mass is 15.1. The van der Waals surface area contributed by atoms with Crippen molar-refractivity contribution in [1.29, 1.82) is 0 Å². The van der Waals surface area contributed by atoms with E-state index in [1.807, 2.05) is 0 Å². The highest BCUT2D eigenvalue weighted by molar-refractivity contribution is 5.98. The summed E-state index contributed by atoms with van der Waals surface area (Å²) >= 11 is 0. The van der Waals surface area contributed by atoms with Crippen LogP contribution < -0.4 is 4.90 Å². The van der Waals surface area contributed by atoms with E-state index in [0.717, 1.165) is 29.9 Å². The van der Waals surface area contributed by atoms with E-state index < -0.39 is 0 Å². The number of nitrogens with zero attached hydrogens (tertiary/aromatic N) is 1. The SMILES string of the molecule is C1=CC2=C(CC1)C1(c3ccccc32)c2ccccc2-c2ccc(N(c3ccc(-c4ccccc4)cc3)c3ccc(-c4ccccc4)cc3)cc21. The second-order valence-corrected chi connectivity index (χ2v) is 13.6. The van der Waals surface area contributed by atoms with Gasteiger partial charge in [-0.15, -0.1) is 0 Å². The number of fused-ring (bicyclic) bond motifs is 9. The number of rotatable bonds is 5. The van der Waals surface area contributed by atoms with Crippen molar-refractivity contribution < 1.29 is 0 Å². The summed E-state index contributed by atoms with van der Waals surface area (Å²) < 4.78 is 0. The molecule has 1 heteroatoms. The van der Waals surface area contributed by atoms with Crippen LogP contribution in [0.2, 0.25) is 0 Å². The zero-order valence-corrected chi connectivity index (χ0v) is 27.8. The molecule has 1 spiro atoms. The van der Waals surface area contributed by atoms with E-state index in [4.69, 9.17) is 0 Å². The Morgan fingerprint density at radius 2 is 0.880 bits per heavy atom. The molecule has 1 nitrogen and oxygen atoms in total. The van der Waals surface area contributed by atoms with Gasteiger partial charge in [-0.25, -0.2) is 0 Å². The minimum Gasteiger partial charge on any atom is -0.310 e. The summed E-state index contributed by atoms with van der Waals surface area (Å²) in [4.78, 5) is 2.43. The standard InChI is InChI=1S/C49H35N/c1-3-13-34(14-4-1)36-23-27-38(28-24-36)50(39-29-25-37(26-30-39)35-15-5-2-6-16-35)40-31-32-44-43-19-9-12-22-47(43)49(48(44)33-40)45-20-10-7-17-41(45)42-18-8-11-21-46(42)49/h1-10,12-20,22-33H,11,21H2. The highest BCUT2D eigenvalue weighted by Gasteiger charge is 2.52. The second kappa shape index (κ2) is 11.5. The molecule has 3 aliphatic carbocycles. The van der Waals surface area contributed by atoms with Crippen molar-refractivity contribution in [2.24, 2.45) is 0 Å². The molecular formula is C49H35N. The quantitative estimate of drug-likeness (QED) is 0.182. The lowest BCUT2D eigenvalue weighted by atomic mass is 9.68. The topological polar surface area (TPSA) is 3.24 Å². The molecule has 236 valence electrons. The average molecular weight is 638 g/mol. The zero-order valence-electron chi connectivity index (χ0n) is 27.8. The maximum absolute atomic E-state index is 2.50. The van der Waals surface area contributed by atoms with Gasteiger partial charge in [0.25, 0.3) is 0 Å². The van der Waals surface area contributed by atoms with Gasteiger partial charge < -0.3 is 4.90 Å². The smallest absolute Gasteiger partial charge is 0.0689 e. The number of allylic oxidation sites excluding steroid dienone is 4. The van der Waals surface area contributed by atoms with Gasteiger partial charge >= 0.3 is 0 Å². The first-order valence-electron chi connectivity index (χ1n) is 17.7. The molecule has 0 radical (unpaired) electrons. The van der Waals surface area contributed by atoms with Crippen molar-refractivity contribution in [3.63, 3.8) is 0 Å². The van der Waals surface area contributed by atoms with Crippen molar-refractivity contribution in [1.82, 2.24) is 0 Å². The molecule has 0 saturated carbocycles. The number of anilines is 3. The van der Waals surface area contributed by atoms with Gasteiger partial charge in [0.2, 0.25) is 0 Å². The highest BCUT2D eigenvalue weighted by Crippen LogP contribution is 2.64. The van der Waals surface area contributed by atoms with E-state index in [1.54, 1.807) is 0 Å². The maximum Gasteiger partial charge on any atom is 0.0689 e. The lowest BCUT2D eigenvalue weighted by molar-refractivity contribution is 0.714. The Labute approximate surface area is 294 Å². The molecule has 0 saturated heterocycles. The second-order valence-electron chi connectivity index (χ2n) is 13.6. The molecule has 0 fully saturated rings. The maximum atomic E-state index is 2.50. The van der Waals surface area contributed by atoms with Crippen LogP contribution in [0.3, 0.4) is 0 Å². The first kappa shape index (κ1) is 28.8. The summed E-state index contributed by atoms with van der Waals surface area (Å²) in [5.41, 5.74) is 19.2. The van der Waals surface area contributed by atoms with E-state index in [2.05, 4.69) is 193 Å². The van der Waals surface area contributed by atoms with Gasteiger partial charge in [0.15, 0.2) is 0 Å². The van der Waals surface area contributed by atoms with E-state index >= 15 is 0 Å². The average Bonchev–Trinajstić information content (AvgIpc) is 3.66. The van der Waals surface area contributed by atoms with Gasteiger partial charge in [0.1, 0.15) is 0 Å². The third-order valence-corrected chi connectivity index (χ3v) is 11.0. The minimum atomic E-state index is -0.307. The minimum absolute atomic E-state index is 0.307. The molecule has 7 aromatic rings. The fraction of sp³-hybridized carbons (Fsp3) is 0.0612. The molecule has 7 aromatic carbocycles. The van der Waals surface area contributed by atoms with Crippen LogP contribution in [-0.4, -0.2) is 0 Å². The molecule has 0 bridgehead atoms. The molecule has 1 unspecified atom stereocenters. The van der Waals surface area contributed by atoms with Crippen LogP contribution in [0.5, 0.6) is 0 Å². The lowest BCUT2D eigenvalue weighted by Crippen LogP contribution is -2.28. The first-order valence-corrected chi connectivity index (χ1v) is 17.7. The monoisotopic (exact) mass is 637 g/mol. The Balaban J connectivity index is 1.18. The van der Waals surface area contributed by atoms with Gasteiger partial charge in [-0.3, -0.25) is 0 Å².